The Morgan fingerprint density at radius 2 is 1.59 bits per heavy atom. The topological polar surface area (TPSA) is 35.5 Å². The van der Waals surface area contributed by atoms with Gasteiger partial charge in [0, 0.05) is 7.11 Å². The zero-order valence-electron chi connectivity index (χ0n) is 13.2. The third-order valence-corrected chi connectivity index (χ3v) is 6.00. The highest BCUT2D eigenvalue weighted by Gasteiger charge is 2.51. The molecule has 1 aromatic carbocycles. The first-order valence-corrected chi connectivity index (χ1v) is 8.47. The molecule has 0 amide bonds. The highest BCUT2D eigenvalue weighted by molar-refractivity contribution is 5.73. The minimum atomic E-state index is -0.343. The van der Waals surface area contributed by atoms with Crippen LogP contribution < -0.4 is 4.74 Å². The van der Waals surface area contributed by atoms with Gasteiger partial charge in [-0.25, -0.2) is 4.79 Å². The predicted molar refractivity (Wildman–Crippen MR) is 83.8 cm³/mol. The molecule has 0 unspecified atom stereocenters. The van der Waals surface area contributed by atoms with Crippen molar-refractivity contribution in [2.75, 3.05) is 13.7 Å². The Bertz CT molecular complexity index is 525. The van der Waals surface area contributed by atoms with Crippen molar-refractivity contribution in [1.29, 1.82) is 0 Å². The SMILES string of the molecule is COCC(=O)Oc1ccc(C23CC4CC(CC(C4)C2)C3)cc1. The van der Waals surface area contributed by atoms with E-state index in [9.17, 15) is 4.79 Å². The molecule has 4 aliphatic carbocycles. The Labute approximate surface area is 132 Å². The van der Waals surface area contributed by atoms with Crippen molar-refractivity contribution < 1.29 is 14.3 Å². The highest BCUT2D eigenvalue weighted by Crippen LogP contribution is 2.60. The van der Waals surface area contributed by atoms with Crippen molar-refractivity contribution in [2.45, 2.75) is 43.9 Å². The van der Waals surface area contributed by atoms with E-state index in [4.69, 9.17) is 9.47 Å². The molecule has 3 nitrogen and oxygen atoms in total. The zero-order chi connectivity index (χ0) is 15.2. The van der Waals surface area contributed by atoms with E-state index in [0.29, 0.717) is 11.2 Å². The lowest BCUT2D eigenvalue weighted by Gasteiger charge is -2.57. The average Bonchev–Trinajstić information content (AvgIpc) is 2.46. The van der Waals surface area contributed by atoms with Gasteiger partial charge in [-0.05, 0) is 79.4 Å². The number of benzene rings is 1. The van der Waals surface area contributed by atoms with Crippen LogP contribution in [-0.4, -0.2) is 19.7 Å². The lowest BCUT2D eigenvalue weighted by atomic mass is 9.48. The van der Waals surface area contributed by atoms with Gasteiger partial charge in [0.2, 0.25) is 0 Å². The Hall–Kier alpha value is -1.35. The fourth-order valence-corrected chi connectivity index (χ4v) is 5.62. The minimum Gasteiger partial charge on any atom is -0.425 e. The molecule has 5 rings (SSSR count). The van der Waals surface area contributed by atoms with E-state index in [-0.39, 0.29) is 12.6 Å². The lowest BCUT2D eigenvalue weighted by Crippen LogP contribution is -2.48. The van der Waals surface area contributed by atoms with Crippen LogP contribution in [0, 0.1) is 17.8 Å². The third kappa shape index (κ3) is 2.45. The van der Waals surface area contributed by atoms with Crippen LogP contribution in [0.25, 0.3) is 0 Å². The van der Waals surface area contributed by atoms with Crippen LogP contribution in [0.3, 0.4) is 0 Å². The molecule has 0 saturated heterocycles. The monoisotopic (exact) mass is 300 g/mol. The third-order valence-electron chi connectivity index (χ3n) is 6.00. The van der Waals surface area contributed by atoms with Crippen LogP contribution in [0.2, 0.25) is 0 Å². The van der Waals surface area contributed by atoms with Gasteiger partial charge < -0.3 is 9.47 Å². The summed E-state index contributed by atoms with van der Waals surface area (Å²) in [7, 11) is 1.50. The maximum absolute atomic E-state index is 11.5. The molecule has 3 heteroatoms. The number of hydrogen-bond donors (Lipinski definition) is 0. The summed E-state index contributed by atoms with van der Waals surface area (Å²) in [6.07, 6.45) is 8.48. The largest absolute Gasteiger partial charge is 0.425 e. The van der Waals surface area contributed by atoms with Crippen molar-refractivity contribution in [2.24, 2.45) is 17.8 Å². The summed E-state index contributed by atoms with van der Waals surface area (Å²) < 4.78 is 10.1. The van der Waals surface area contributed by atoms with Gasteiger partial charge in [-0.1, -0.05) is 12.1 Å². The van der Waals surface area contributed by atoms with Gasteiger partial charge in [-0.2, -0.15) is 0 Å². The molecule has 0 spiro atoms. The Morgan fingerprint density at radius 1 is 1.05 bits per heavy atom. The normalized spacial score (nSPS) is 35.6. The molecule has 0 atom stereocenters. The predicted octanol–water partition coefficient (Wildman–Crippen LogP) is 3.71. The van der Waals surface area contributed by atoms with E-state index in [0.717, 1.165) is 17.8 Å². The molecule has 0 heterocycles. The summed E-state index contributed by atoms with van der Waals surface area (Å²) in [5.74, 6) is 3.13. The molecule has 0 radical (unpaired) electrons. The molecular formula is C19H24O3. The van der Waals surface area contributed by atoms with Crippen LogP contribution in [0.15, 0.2) is 24.3 Å². The number of esters is 1. The van der Waals surface area contributed by atoms with Gasteiger partial charge in [-0.3, -0.25) is 0 Å². The van der Waals surface area contributed by atoms with Crippen LogP contribution >= 0.6 is 0 Å². The van der Waals surface area contributed by atoms with Crippen LogP contribution in [0.5, 0.6) is 5.75 Å². The van der Waals surface area contributed by atoms with Gasteiger partial charge in [0.25, 0.3) is 0 Å². The first-order valence-electron chi connectivity index (χ1n) is 8.47. The smallest absolute Gasteiger partial charge is 0.337 e. The molecule has 4 fully saturated rings. The van der Waals surface area contributed by atoms with Crippen molar-refractivity contribution in [1.82, 2.24) is 0 Å². The van der Waals surface area contributed by atoms with Crippen molar-refractivity contribution in [3.05, 3.63) is 29.8 Å². The van der Waals surface area contributed by atoms with Gasteiger partial charge in [0.1, 0.15) is 12.4 Å². The Morgan fingerprint density at radius 3 is 2.09 bits per heavy atom. The van der Waals surface area contributed by atoms with Crippen LogP contribution in [0.1, 0.15) is 44.1 Å². The highest BCUT2D eigenvalue weighted by atomic mass is 16.6. The summed E-state index contributed by atoms with van der Waals surface area (Å²) in [5.41, 5.74) is 1.86. The van der Waals surface area contributed by atoms with Gasteiger partial charge in [0.15, 0.2) is 0 Å². The first kappa shape index (κ1) is 14.3. The minimum absolute atomic E-state index is 0.00325. The number of methoxy groups -OCH3 is 1. The molecule has 0 aliphatic heterocycles. The van der Waals surface area contributed by atoms with E-state index in [1.807, 2.05) is 12.1 Å². The second-order valence-electron chi connectivity index (χ2n) is 7.63. The van der Waals surface area contributed by atoms with E-state index < -0.39 is 0 Å². The summed E-state index contributed by atoms with van der Waals surface area (Å²) in [4.78, 5) is 11.5. The van der Waals surface area contributed by atoms with E-state index in [2.05, 4.69) is 12.1 Å². The molecular weight excluding hydrogens is 276 g/mol. The summed E-state index contributed by atoms with van der Waals surface area (Å²) >= 11 is 0. The van der Waals surface area contributed by atoms with Crippen LogP contribution in [0.4, 0.5) is 0 Å². The summed E-state index contributed by atoms with van der Waals surface area (Å²) in [6.45, 7) is -0.00325. The van der Waals surface area contributed by atoms with E-state index >= 15 is 0 Å². The van der Waals surface area contributed by atoms with E-state index in [1.54, 1.807) is 0 Å². The first-order chi connectivity index (χ1) is 10.7. The molecule has 4 saturated carbocycles. The van der Waals surface area contributed by atoms with Crippen molar-refractivity contribution in [3.63, 3.8) is 0 Å². The maximum atomic E-state index is 11.5. The maximum Gasteiger partial charge on any atom is 0.337 e. The molecule has 22 heavy (non-hydrogen) atoms. The van der Waals surface area contributed by atoms with Crippen molar-refractivity contribution in [3.8, 4) is 5.75 Å². The molecule has 0 N–H and O–H groups in total. The van der Waals surface area contributed by atoms with Gasteiger partial charge >= 0.3 is 5.97 Å². The van der Waals surface area contributed by atoms with Crippen LogP contribution in [-0.2, 0) is 14.9 Å². The standard InChI is InChI=1S/C19H24O3/c1-21-12-18(20)22-17-4-2-16(3-5-17)19-9-13-6-14(10-19)8-15(7-13)11-19/h2-5,13-15H,6-12H2,1H3. The fraction of sp³-hybridized carbons (Fsp3) is 0.632. The lowest BCUT2D eigenvalue weighted by molar-refractivity contribution is -0.138. The average molecular weight is 300 g/mol. The Balaban J connectivity index is 1.52. The second-order valence-corrected chi connectivity index (χ2v) is 7.63. The number of carbonyl (C=O) groups is 1. The zero-order valence-corrected chi connectivity index (χ0v) is 13.2. The second kappa shape index (κ2) is 5.38. The number of rotatable bonds is 4. The van der Waals surface area contributed by atoms with E-state index in [1.165, 1.54) is 51.2 Å². The molecule has 1 aromatic rings. The molecule has 0 aromatic heterocycles. The van der Waals surface area contributed by atoms with Gasteiger partial charge in [-0.15, -0.1) is 0 Å². The number of carbonyl (C=O) groups excluding carboxylic acids is 1. The van der Waals surface area contributed by atoms with Crippen molar-refractivity contribution >= 4 is 5.97 Å². The molecule has 4 bridgehead atoms. The fourth-order valence-electron chi connectivity index (χ4n) is 5.62. The van der Waals surface area contributed by atoms with Gasteiger partial charge in [0.05, 0.1) is 0 Å². The number of hydrogen-bond acceptors (Lipinski definition) is 3. The number of ether oxygens (including phenoxy) is 2. The summed E-state index contributed by atoms with van der Waals surface area (Å²) in [6, 6.07) is 8.26. The quantitative estimate of drug-likeness (QED) is 0.628. The molecule has 118 valence electrons. The Kier molecular flexibility index (Phi) is 3.48. The molecule has 4 aliphatic rings. The summed E-state index contributed by atoms with van der Waals surface area (Å²) in [5, 5.41) is 0.